The summed E-state index contributed by atoms with van der Waals surface area (Å²) >= 11 is 5.02. The first-order valence-corrected chi connectivity index (χ1v) is 6.26. The summed E-state index contributed by atoms with van der Waals surface area (Å²) in [7, 11) is 0. The minimum Gasteiger partial charge on any atom is -0.388 e. The molecule has 0 saturated carbocycles. The number of anilines is 1. The molecule has 0 radical (unpaired) electrons. The van der Waals surface area contributed by atoms with E-state index in [2.05, 4.69) is 28.7 Å². The molecule has 1 aliphatic rings. The molecule has 0 unspecified atom stereocenters. The number of nitrogens with zero attached hydrogens (tertiary/aromatic N) is 3. The van der Waals surface area contributed by atoms with Crippen LogP contribution in [-0.4, -0.2) is 28.0 Å². The molecule has 0 atom stereocenters. The maximum absolute atomic E-state index is 5.69. The minimum atomic E-state index is 0.309. The highest BCUT2D eigenvalue weighted by Crippen LogP contribution is 2.31. The van der Waals surface area contributed by atoms with Crippen LogP contribution in [0.25, 0.3) is 0 Å². The lowest BCUT2D eigenvalue weighted by Crippen LogP contribution is -2.41. The zero-order valence-electron chi connectivity index (χ0n) is 10.3. The number of rotatable bonds is 2. The van der Waals surface area contributed by atoms with Crippen molar-refractivity contribution in [3.05, 3.63) is 18.1 Å². The molecule has 17 heavy (non-hydrogen) atoms. The Morgan fingerprint density at radius 1 is 1.41 bits per heavy atom. The molecular formula is C12H18N4S. The molecule has 0 aliphatic carbocycles. The molecule has 1 aromatic heterocycles. The summed E-state index contributed by atoms with van der Waals surface area (Å²) in [4.78, 5) is 11.2. The van der Waals surface area contributed by atoms with Gasteiger partial charge in [-0.25, -0.2) is 9.97 Å². The van der Waals surface area contributed by atoms with Crippen molar-refractivity contribution >= 4 is 23.0 Å². The van der Waals surface area contributed by atoms with Gasteiger partial charge in [-0.15, -0.1) is 0 Å². The second kappa shape index (κ2) is 4.56. The van der Waals surface area contributed by atoms with Crippen LogP contribution in [0.5, 0.6) is 0 Å². The Bertz CT molecular complexity index is 430. The fraction of sp³-hybridized carbons (Fsp3) is 0.583. The first-order chi connectivity index (χ1) is 7.99. The number of nitrogens with two attached hydrogens (primary N) is 1. The number of hydrogen-bond donors (Lipinski definition) is 1. The van der Waals surface area contributed by atoms with Gasteiger partial charge in [-0.05, 0) is 18.3 Å². The predicted molar refractivity (Wildman–Crippen MR) is 73.1 cm³/mol. The van der Waals surface area contributed by atoms with Crippen LogP contribution in [0.2, 0.25) is 0 Å². The molecule has 2 heterocycles. The van der Waals surface area contributed by atoms with Gasteiger partial charge in [0.1, 0.15) is 10.7 Å². The van der Waals surface area contributed by atoms with Crippen molar-refractivity contribution in [2.45, 2.75) is 26.7 Å². The average Bonchev–Trinajstić information content (AvgIpc) is 2.27. The van der Waals surface area contributed by atoms with Crippen LogP contribution in [0.4, 0.5) is 5.82 Å². The molecular weight excluding hydrogens is 232 g/mol. The highest BCUT2D eigenvalue weighted by Gasteiger charge is 2.28. The molecule has 5 heteroatoms. The van der Waals surface area contributed by atoms with E-state index in [4.69, 9.17) is 18.0 Å². The van der Waals surface area contributed by atoms with Crippen LogP contribution < -0.4 is 10.6 Å². The summed E-state index contributed by atoms with van der Waals surface area (Å²) in [6.45, 7) is 6.52. The largest absolute Gasteiger partial charge is 0.388 e. The lowest BCUT2D eigenvalue weighted by molar-refractivity contribution is 0.292. The second-order valence-corrected chi connectivity index (χ2v) is 5.72. The minimum absolute atomic E-state index is 0.309. The van der Waals surface area contributed by atoms with Gasteiger partial charge in [0, 0.05) is 25.5 Å². The fourth-order valence-corrected chi connectivity index (χ4v) is 2.48. The predicted octanol–water partition coefficient (Wildman–Crippen LogP) is 1.74. The first-order valence-electron chi connectivity index (χ1n) is 5.85. The highest BCUT2D eigenvalue weighted by atomic mass is 32.1. The molecule has 0 spiro atoms. The summed E-state index contributed by atoms with van der Waals surface area (Å²) in [6.07, 6.45) is 5.73. The second-order valence-electron chi connectivity index (χ2n) is 5.28. The van der Waals surface area contributed by atoms with Gasteiger partial charge in [0.05, 0.1) is 0 Å². The van der Waals surface area contributed by atoms with Gasteiger partial charge in [-0.2, -0.15) is 0 Å². The summed E-state index contributed by atoms with van der Waals surface area (Å²) in [6, 6.07) is 0. The molecule has 0 amide bonds. The van der Waals surface area contributed by atoms with Gasteiger partial charge in [-0.1, -0.05) is 26.1 Å². The molecule has 1 aliphatic heterocycles. The van der Waals surface area contributed by atoms with Crippen molar-refractivity contribution in [2.24, 2.45) is 11.1 Å². The standard InChI is InChI=1S/C12H18N4S/c1-12(2)4-3-7-16(8-12)11-9(10(13)17)14-5-6-15-11/h5-6H,3-4,7-8H2,1-2H3,(H2,13,17). The fourth-order valence-electron chi connectivity index (χ4n) is 2.34. The van der Waals surface area contributed by atoms with E-state index >= 15 is 0 Å². The molecule has 4 nitrogen and oxygen atoms in total. The Kier molecular flexibility index (Phi) is 3.28. The van der Waals surface area contributed by atoms with E-state index in [-0.39, 0.29) is 0 Å². The smallest absolute Gasteiger partial charge is 0.157 e. The van der Waals surface area contributed by atoms with Gasteiger partial charge < -0.3 is 10.6 Å². The van der Waals surface area contributed by atoms with E-state index in [1.165, 1.54) is 12.8 Å². The third-order valence-electron chi connectivity index (χ3n) is 3.11. The summed E-state index contributed by atoms with van der Waals surface area (Å²) < 4.78 is 0. The Morgan fingerprint density at radius 2 is 2.12 bits per heavy atom. The summed E-state index contributed by atoms with van der Waals surface area (Å²) in [5, 5.41) is 0. The molecule has 0 aromatic carbocycles. The maximum Gasteiger partial charge on any atom is 0.157 e. The molecule has 2 rings (SSSR count). The van der Waals surface area contributed by atoms with Gasteiger partial charge >= 0.3 is 0 Å². The van der Waals surface area contributed by atoms with Gasteiger partial charge in [0.15, 0.2) is 5.82 Å². The monoisotopic (exact) mass is 250 g/mol. The normalized spacial score (nSPS) is 19.1. The van der Waals surface area contributed by atoms with Crippen LogP contribution in [0.15, 0.2) is 12.4 Å². The molecule has 1 fully saturated rings. The van der Waals surface area contributed by atoms with Crippen molar-refractivity contribution in [2.75, 3.05) is 18.0 Å². The summed E-state index contributed by atoms with van der Waals surface area (Å²) in [5.74, 6) is 0.827. The van der Waals surface area contributed by atoms with Crippen molar-refractivity contribution < 1.29 is 0 Å². The lowest BCUT2D eigenvalue weighted by atomic mass is 9.84. The first kappa shape index (κ1) is 12.2. The van der Waals surface area contributed by atoms with Gasteiger partial charge in [0.2, 0.25) is 0 Å². The van der Waals surface area contributed by atoms with Crippen LogP contribution in [-0.2, 0) is 0 Å². The molecule has 2 N–H and O–H groups in total. The van der Waals surface area contributed by atoms with Crippen LogP contribution in [0.3, 0.4) is 0 Å². The van der Waals surface area contributed by atoms with Crippen LogP contribution >= 0.6 is 12.2 Å². The SMILES string of the molecule is CC1(C)CCCN(c2nccnc2C(N)=S)C1. The van der Waals surface area contributed by atoms with Crippen molar-refractivity contribution in [1.29, 1.82) is 0 Å². The third-order valence-corrected chi connectivity index (χ3v) is 3.31. The summed E-state index contributed by atoms with van der Waals surface area (Å²) in [5.41, 5.74) is 6.64. The highest BCUT2D eigenvalue weighted by molar-refractivity contribution is 7.80. The maximum atomic E-state index is 5.69. The zero-order chi connectivity index (χ0) is 12.5. The third kappa shape index (κ3) is 2.72. The van der Waals surface area contributed by atoms with Crippen molar-refractivity contribution in [1.82, 2.24) is 9.97 Å². The zero-order valence-corrected chi connectivity index (χ0v) is 11.1. The van der Waals surface area contributed by atoms with Gasteiger partial charge in [0.25, 0.3) is 0 Å². The van der Waals surface area contributed by atoms with E-state index < -0.39 is 0 Å². The quantitative estimate of drug-likeness (QED) is 0.810. The number of piperidine rings is 1. The Hall–Kier alpha value is -1.23. The Morgan fingerprint density at radius 3 is 2.76 bits per heavy atom. The van der Waals surface area contributed by atoms with Gasteiger partial charge in [-0.3, -0.25) is 0 Å². The van der Waals surface area contributed by atoms with Crippen LogP contribution in [0.1, 0.15) is 32.4 Å². The number of aromatic nitrogens is 2. The number of hydrogen-bond acceptors (Lipinski definition) is 4. The molecule has 1 aromatic rings. The molecule has 92 valence electrons. The lowest BCUT2D eigenvalue weighted by Gasteiger charge is -2.39. The average molecular weight is 250 g/mol. The van der Waals surface area contributed by atoms with Crippen molar-refractivity contribution in [3.63, 3.8) is 0 Å². The van der Waals surface area contributed by atoms with Crippen molar-refractivity contribution in [3.8, 4) is 0 Å². The molecule has 1 saturated heterocycles. The Labute approximate surface area is 107 Å². The van der Waals surface area contributed by atoms with E-state index in [1.54, 1.807) is 12.4 Å². The van der Waals surface area contributed by atoms with E-state index in [0.717, 1.165) is 18.9 Å². The van der Waals surface area contributed by atoms with Crippen LogP contribution in [0, 0.1) is 5.41 Å². The van der Waals surface area contributed by atoms with E-state index in [9.17, 15) is 0 Å². The van der Waals surface area contributed by atoms with E-state index in [0.29, 0.717) is 16.1 Å². The van der Waals surface area contributed by atoms with E-state index in [1.807, 2.05) is 0 Å². The number of thiocarbonyl (C=S) groups is 1. The Balaban J connectivity index is 2.30. The molecule has 0 bridgehead atoms. The topological polar surface area (TPSA) is 55.0 Å².